The summed E-state index contributed by atoms with van der Waals surface area (Å²) in [4.78, 5) is 15.8. The van der Waals surface area contributed by atoms with Gasteiger partial charge in [0, 0.05) is 29.9 Å². The van der Waals surface area contributed by atoms with Gasteiger partial charge < -0.3 is 5.73 Å². The summed E-state index contributed by atoms with van der Waals surface area (Å²) in [6, 6.07) is 0.831. The number of halogens is 3. The van der Waals surface area contributed by atoms with Crippen LogP contribution in [0.25, 0.3) is 0 Å². The lowest BCUT2D eigenvalue weighted by Gasteiger charge is -2.33. The number of hydrogen-bond donors (Lipinski definition) is 1. The van der Waals surface area contributed by atoms with E-state index in [2.05, 4.69) is 4.98 Å². The van der Waals surface area contributed by atoms with Crippen molar-refractivity contribution in [2.24, 2.45) is 5.73 Å². The van der Waals surface area contributed by atoms with Crippen molar-refractivity contribution in [1.82, 2.24) is 4.98 Å². The molecule has 1 heterocycles. The van der Waals surface area contributed by atoms with E-state index >= 15 is 0 Å². The van der Waals surface area contributed by atoms with E-state index in [1.807, 2.05) is 0 Å². The maximum absolute atomic E-state index is 12.9. The molecule has 0 bridgehead atoms. The van der Waals surface area contributed by atoms with E-state index in [1.165, 1.54) is 0 Å². The van der Waals surface area contributed by atoms with Gasteiger partial charge in [0.1, 0.15) is 0 Å². The molecule has 0 spiro atoms. The molecule has 1 fully saturated rings. The highest BCUT2D eigenvalue weighted by Crippen LogP contribution is 2.34. The number of aromatic nitrogens is 1. The molecule has 20 heavy (non-hydrogen) atoms. The zero-order valence-corrected chi connectivity index (χ0v) is 11.0. The molecule has 0 aromatic carbocycles. The third-order valence-electron chi connectivity index (χ3n) is 3.79. The Hall–Kier alpha value is -1.43. The third kappa shape index (κ3) is 3.36. The Labute approximate surface area is 115 Å². The maximum atomic E-state index is 12.9. The Morgan fingerprint density at radius 2 is 1.95 bits per heavy atom. The molecule has 0 aliphatic heterocycles. The van der Waals surface area contributed by atoms with Crippen LogP contribution >= 0.6 is 0 Å². The number of carbonyl (C=O) groups is 1. The van der Waals surface area contributed by atoms with Gasteiger partial charge in [0.25, 0.3) is 0 Å². The summed E-state index contributed by atoms with van der Waals surface area (Å²) in [6.07, 6.45) is 1.68. The van der Waals surface area contributed by atoms with Crippen molar-refractivity contribution in [2.45, 2.75) is 50.2 Å². The molecule has 6 heteroatoms. The normalized spacial score (nSPS) is 18.8. The quantitative estimate of drug-likeness (QED) is 0.867. The van der Waals surface area contributed by atoms with Crippen molar-refractivity contribution in [1.29, 1.82) is 0 Å². The third-order valence-corrected chi connectivity index (χ3v) is 3.79. The standard InChI is InChI=1S/C14H17F3N2O/c15-14(16,17)11-4-7-19-9-10(11)12(20)8-13(18)5-2-1-3-6-13/h4,7,9H,1-3,5-6,8,18H2. The van der Waals surface area contributed by atoms with Crippen LogP contribution in [0.3, 0.4) is 0 Å². The number of nitrogens with two attached hydrogens (primary N) is 1. The van der Waals surface area contributed by atoms with E-state index in [4.69, 9.17) is 5.73 Å². The van der Waals surface area contributed by atoms with E-state index in [-0.39, 0.29) is 12.0 Å². The molecule has 2 rings (SSSR count). The Bertz CT molecular complexity index is 493. The molecular formula is C14H17F3N2O. The van der Waals surface area contributed by atoms with Crippen LogP contribution in [0.15, 0.2) is 18.5 Å². The highest BCUT2D eigenvalue weighted by Gasteiger charge is 2.37. The maximum Gasteiger partial charge on any atom is 0.417 e. The molecule has 0 amide bonds. The zero-order valence-electron chi connectivity index (χ0n) is 11.0. The number of Topliss-reactive ketones (excluding diaryl/α,β-unsaturated/α-hetero) is 1. The molecule has 1 aliphatic carbocycles. The molecule has 0 atom stereocenters. The SMILES string of the molecule is NC1(CC(=O)c2cnccc2C(F)(F)F)CCCCC1. The molecule has 1 aromatic rings. The van der Waals surface area contributed by atoms with Crippen LogP contribution in [-0.4, -0.2) is 16.3 Å². The van der Waals surface area contributed by atoms with Crippen molar-refractivity contribution in [3.8, 4) is 0 Å². The number of carbonyl (C=O) groups excluding carboxylic acids is 1. The van der Waals surface area contributed by atoms with Gasteiger partial charge in [-0.15, -0.1) is 0 Å². The summed E-state index contributed by atoms with van der Waals surface area (Å²) in [5.41, 5.74) is 4.15. The lowest BCUT2D eigenvalue weighted by molar-refractivity contribution is -0.138. The van der Waals surface area contributed by atoms with Crippen LogP contribution in [0.2, 0.25) is 0 Å². The van der Waals surface area contributed by atoms with Crippen LogP contribution in [0, 0.1) is 0 Å². The van der Waals surface area contributed by atoms with E-state index in [1.54, 1.807) is 0 Å². The Morgan fingerprint density at radius 3 is 2.55 bits per heavy atom. The Kier molecular flexibility index (Phi) is 4.13. The van der Waals surface area contributed by atoms with Gasteiger partial charge in [0.05, 0.1) is 5.56 Å². The van der Waals surface area contributed by atoms with Gasteiger partial charge in [-0.3, -0.25) is 9.78 Å². The fourth-order valence-corrected chi connectivity index (χ4v) is 2.71. The molecular weight excluding hydrogens is 269 g/mol. The van der Waals surface area contributed by atoms with Gasteiger partial charge in [0.2, 0.25) is 0 Å². The number of rotatable bonds is 3. The average Bonchev–Trinajstić information content (AvgIpc) is 2.38. The summed E-state index contributed by atoms with van der Waals surface area (Å²) < 4.78 is 38.6. The summed E-state index contributed by atoms with van der Waals surface area (Å²) in [5.74, 6) is -0.574. The largest absolute Gasteiger partial charge is 0.417 e. The fourth-order valence-electron chi connectivity index (χ4n) is 2.71. The van der Waals surface area contributed by atoms with Crippen molar-refractivity contribution in [3.05, 3.63) is 29.6 Å². The summed E-state index contributed by atoms with van der Waals surface area (Å²) in [7, 11) is 0. The number of ketones is 1. The predicted molar refractivity (Wildman–Crippen MR) is 68.2 cm³/mol. The van der Waals surface area contributed by atoms with Crippen LogP contribution in [0.4, 0.5) is 13.2 Å². The minimum Gasteiger partial charge on any atom is -0.325 e. The number of nitrogens with zero attached hydrogens (tertiary/aromatic N) is 1. The van der Waals surface area contributed by atoms with E-state index in [9.17, 15) is 18.0 Å². The highest BCUT2D eigenvalue weighted by atomic mass is 19.4. The molecule has 2 N–H and O–H groups in total. The first-order chi connectivity index (χ1) is 9.32. The summed E-state index contributed by atoms with van der Waals surface area (Å²) in [6.45, 7) is 0. The molecule has 1 aliphatic rings. The number of alkyl halides is 3. The summed E-state index contributed by atoms with van der Waals surface area (Å²) >= 11 is 0. The predicted octanol–water partition coefficient (Wildman–Crippen LogP) is 3.33. The highest BCUT2D eigenvalue weighted by molar-refractivity contribution is 5.98. The lowest BCUT2D eigenvalue weighted by Crippen LogP contribution is -2.43. The first-order valence-electron chi connectivity index (χ1n) is 6.65. The Morgan fingerprint density at radius 1 is 1.30 bits per heavy atom. The van der Waals surface area contributed by atoms with Gasteiger partial charge >= 0.3 is 6.18 Å². The van der Waals surface area contributed by atoms with Crippen LogP contribution in [0.1, 0.15) is 54.4 Å². The smallest absolute Gasteiger partial charge is 0.325 e. The monoisotopic (exact) mass is 286 g/mol. The average molecular weight is 286 g/mol. The van der Waals surface area contributed by atoms with E-state index in [0.717, 1.165) is 37.7 Å². The number of hydrogen-bond acceptors (Lipinski definition) is 3. The van der Waals surface area contributed by atoms with Crippen molar-refractivity contribution >= 4 is 5.78 Å². The van der Waals surface area contributed by atoms with E-state index < -0.39 is 23.1 Å². The second-order valence-corrected chi connectivity index (χ2v) is 5.44. The van der Waals surface area contributed by atoms with Gasteiger partial charge in [-0.25, -0.2) is 0 Å². The van der Waals surface area contributed by atoms with Crippen LogP contribution in [-0.2, 0) is 6.18 Å². The first kappa shape index (κ1) is 15.0. The molecule has 110 valence electrons. The van der Waals surface area contributed by atoms with Gasteiger partial charge in [-0.1, -0.05) is 19.3 Å². The molecule has 1 saturated carbocycles. The van der Waals surface area contributed by atoms with Crippen LogP contribution in [0.5, 0.6) is 0 Å². The van der Waals surface area contributed by atoms with Crippen LogP contribution < -0.4 is 5.73 Å². The molecule has 0 radical (unpaired) electrons. The Balaban J connectivity index is 2.21. The van der Waals surface area contributed by atoms with Crippen molar-refractivity contribution < 1.29 is 18.0 Å². The molecule has 0 unspecified atom stereocenters. The topological polar surface area (TPSA) is 56.0 Å². The van der Waals surface area contributed by atoms with Gasteiger partial charge in [-0.2, -0.15) is 13.2 Å². The second-order valence-electron chi connectivity index (χ2n) is 5.44. The van der Waals surface area contributed by atoms with Gasteiger partial charge in [0.15, 0.2) is 5.78 Å². The fraction of sp³-hybridized carbons (Fsp3) is 0.571. The summed E-state index contributed by atoms with van der Waals surface area (Å²) in [5, 5.41) is 0. The number of pyridine rings is 1. The minimum absolute atomic E-state index is 0.0538. The molecule has 0 saturated heterocycles. The molecule has 1 aromatic heterocycles. The van der Waals surface area contributed by atoms with Crippen molar-refractivity contribution in [3.63, 3.8) is 0 Å². The van der Waals surface area contributed by atoms with E-state index in [0.29, 0.717) is 12.8 Å². The lowest BCUT2D eigenvalue weighted by atomic mass is 9.78. The minimum atomic E-state index is -4.55. The van der Waals surface area contributed by atoms with Crippen molar-refractivity contribution in [2.75, 3.05) is 0 Å². The van der Waals surface area contributed by atoms with Gasteiger partial charge in [-0.05, 0) is 18.9 Å². The molecule has 3 nitrogen and oxygen atoms in total. The first-order valence-corrected chi connectivity index (χ1v) is 6.65. The zero-order chi connectivity index (χ0) is 14.8. The second kappa shape index (κ2) is 5.52.